The highest BCUT2D eigenvalue weighted by molar-refractivity contribution is 6.36. The molecule has 0 bridgehead atoms. The van der Waals surface area contributed by atoms with Crippen molar-refractivity contribution in [3.8, 4) is 11.5 Å². The van der Waals surface area contributed by atoms with Crippen LogP contribution < -0.4 is 20.1 Å². The van der Waals surface area contributed by atoms with E-state index in [4.69, 9.17) is 40.3 Å². The molecule has 15 nitrogen and oxygen atoms in total. The largest absolute Gasteiger partial charge is 0.491 e. The maximum Gasteiger partial charge on any atom is 0.408 e. The number of carbonyl (C=O) groups is 4. The number of benzene rings is 1. The number of halogens is 1. The van der Waals surface area contributed by atoms with Crippen molar-refractivity contribution >= 4 is 46.4 Å². The molecule has 318 valence electrons. The number of aliphatic carboxylic acids is 1. The van der Waals surface area contributed by atoms with Crippen molar-refractivity contribution in [2.24, 2.45) is 23.2 Å². The second-order valence-electron chi connectivity index (χ2n) is 17.7. The number of hydrogen-bond donors (Lipinski definition) is 3. The van der Waals surface area contributed by atoms with Crippen molar-refractivity contribution in [1.82, 2.24) is 25.4 Å². The van der Waals surface area contributed by atoms with E-state index in [0.29, 0.717) is 90.6 Å². The number of carboxylic acids is 1. The Morgan fingerprint density at radius 3 is 2.45 bits per heavy atom. The molecule has 1 aromatic heterocycles. The van der Waals surface area contributed by atoms with E-state index in [2.05, 4.69) is 15.5 Å². The molecular weight excluding hydrogens is 770 g/mol. The topological polar surface area (TPSA) is 178 Å². The van der Waals surface area contributed by atoms with Gasteiger partial charge in [0.2, 0.25) is 11.8 Å². The van der Waals surface area contributed by atoms with Crippen molar-refractivity contribution in [2.45, 2.75) is 102 Å². The fourth-order valence-corrected chi connectivity index (χ4v) is 9.20. The normalized spacial score (nSPS) is 28.4. The van der Waals surface area contributed by atoms with Crippen LogP contribution in [0.4, 0.5) is 4.79 Å². The fourth-order valence-electron chi connectivity index (χ4n) is 8.93. The van der Waals surface area contributed by atoms with Crippen molar-refractivity contribution in [1.29, 1.82) is 0 Å². The van der Waals surface area contributed by atoms with E-state index in [1.165, 1.54) is 11.3 Å². The number of carbonyl (C=O) groups excluding carboxylic acids is 3. The maximum atomic E-state index is 14.7. The third-order valence-corrected chi connectivity index (χ3v) is 12.9. The Bertz CT molecular complexity index is 1860. The average molecular weight is 828 g/mol. The van der Waals surface area contributed by atoms with Gasteiger partial charge in [-0.05, 0) is 61.0 Å². The minimum atomic E-state index is -1.40. The molecule has 5 fully saturated rings. The van der Waals surface area contributed by atoms with E-state index in [1.807, 2.05) is 39.8 Å². The Kier molecular flexibility index (Phi) is 12.6. The smallest absolute Gasteiger partial charge is 0.408 e. The first kappa shape index (κ1) is 42.2. The van der Waals surface area contributed by atoms with Gasteiger partial charge in [0, 0.05) is 56.7 Å². The summed E-state index contributed by atoms with van der Waals surface area (Å²) in [6.07, 6.45) is 2.71. The summed E-state index contributed by atoms with van der Waals surface area (Å²) in [6, 6.07) is 3.31. The molecule has 2 unspecified atom stereocenters. The highest BCUT2D eigenvalue weighted by Gasteiger charge is 2.61. The standard InChI is InChI=1S/C42H58ClN5O10/c1-6-26-22-42(26,39(51)52)46-37(49)31-21-29(23-48(31)38(50)36(41(2,3)4)45-40(53)58-28-18-24-17-25(24)19-28)57-33-20-27(9-13-54-5)44-35-30(33)7-8-32(34(35)43)56-16-12-47-10-14-55-15-11-47/h7-8,20,24-26,28-29,31,36H,6,9-19,21-23H2,1-5H3,(H,45,53)(H,46,49)(H,51,52)/t24-,25?,26-,28+,29?,31+,36-,42-/m1/s1. The highest BCUT2D eigenvalue weighted by Crippen LogP contribution is 2.52. The van der Waals surface area contributed by atoms with Gasteiger partial charge < -0.3 is 44.3 Å². The molecule has 3 saturated carbocycles. The van der Waals surface area contributed by atoms with Crippen LogP contribution >= 0.6 is 11.6 Å². The predicted octanol–water partition coefficient (Wildman–Crippen LogP) is 4.45. The lowest BCUT2D eigenvalue weighted by Gasteiger charge is -2.35. The number of ether oxygens (including phenoxy) is 5. The fraction of sp³-hybridized carbons (Fsp3) is 0.690. The van der Waals surface area contributed by atoms with Gasteiger partial charge in [-0.1, -0.05) is 45.7 Å². The molecule has 0 radical (unpaired) electrons. The summed E-state index contributed by atoms with van der Waals surface area (Å²) in [5, 5.41) is 16.7. The number of pyridine rings is 1. The number of carboxylic acid groups (broad SMARTS) is 1. The van der Waals surface area contributed by atoms with Crippen molar-refractivity contribution < 1.29 is 48.0 Å². The summed E-state index contributed by atoms with van der Waals surface area (Å²) < 4.78 is 29.4. The van der Waals surface area contributed by atoms with Gasteiger partial charge in [-0.3, -0.25) is 19.5 Å². The number of amides is 3. The number of rotatable bonds is 16. The summed E-state index contributed by atoms with van der Waals surface area (Å²) in [5.41, 5.74) is -1.03. The maximum absolute atomic E-state index is 14.7. The molecule has 2 aliphatic heterocycles. The predicted molar refractivity (Wildman–Crippen MR) is 214 cm³/mol. The Labute approximate surface area is 344 Å². The monoisotopic (exact) mass is 827 g/mol. The molecule has 3 heterocycles. The van der Waals surface area contributed by atoms with Crippen LogP contribution in [0.25, 0.3) is 10.9 Å². The van der Waals surface area contributed by atoms with Crippen molar-refractivity contribution in [3.05, 3.63) is 28.9 Å². The zero-order chi connectivity index (χ0) is 41.4. The van der Waals surface area contributed by atoms with E-state index in [9.17, 15) is 24.3 Å². The molecular formula is C42H58ClN5O10. The first-order valence-electron chi connectivity index (χ1n) is 20.7. The van der Waals surface area contributed by atoms with Crippen LogP contribution in [0.15, 0.2) is 18.2 Å². The molecule has 2 aromatic rings. The number of alkyl carbamates (subject to hydrolysis) is 1. The number of methoxy groups -OCH3 is 1. The summed E-state index contributed by atoms with van der Waals surface area (Å²) in [7, 11) is 1.61. The van der Waals surface area contributed by atoms with Crippen LogP contribution in [-0.2, 0) is 35.0 Å². The van der Waals surface area contributed by atoms with Crippen molar-refractivity contribution in [2.75, 3.05) is 59.7 Å². The summed E-state index contributed by atoms with van der Waals surface area (Å²) >= 11 is 6.98. The van der Waals surface area contributed by atoms with Gasteiger partial charge in [0.1, 0.15) is 53.0 Å². The summed E-state index contributed by atoms with van der Waals surface area (Å²) in [4.78, 5) is 63.1. The minimum absolute atomic E-state index is 0.00280. The number of nitrogens with one attached hydrogen (secondary N) is 2. The number of nitrogens with zero attached hydrogens (tertiary/aromatic N) is 3. The van der Waals surface area contributed by atoms with Gasteiger partial charge in [0.15, 0.2) is 0 Å². The molecule has 3 amide bonds. The molecule has 7 rings (SSSR count). The number of morpholine rings is 1. The Morgan fingerprint density at radius 1 is 1.05 bits per heavy atom. The number of aromatic nitrogens is 1. The molecule has 3 aliphatic carbocycles. The van der Waals surface area contributed by atoms with Gasteiger partial charge >= 0.3 is 12.1 Å². The van der Waals surface area contributed by atoms with Crippen LogP contribution in [0.5, 0.6) is 11.5 Å². The summed E-state index contributed by atoms with van der Waals surface area (Å²) in [5.74, 6) is -0.241. The van der Waals surface area contributed by atoms with Crippen LogP contribution in [-0.4, -0.2) is 133 Å². The van der Waals surface area contributed by atoms with Gasteiger partial charge in [-0.25, -0.2) is 9.59 Å². The first-order chi connectivity index (χ1) is 27.7. The molecule has 8 atom stereocenters. The van der Waals surface area contributed by atoms with Gasteiger partial charge in [-0.2, -0.15) is 0 Å². The minimum Gasteiger partial charge on any atom is -0.491 e. The van der Waals surface area contributed by atoms with Gasteiger partial charge in [0.05, 0.1) is 31.9 Å². The molecule has 5 aliphatic rings. The third kappa shape index (κ3) is 9.27. The zero-order valence-electron chi connectivity index (χ0n) is 34.2. The number of fused-ring (bicyclic) bond motifs is 2. The van der Waals surface area contributed by atoms with E-state index < -0.39 is 53.0 Å². The SMILES string of the molecule is CC[C@@H]1C[C@]1(NC(=O)[C@@H]1CC(Oc2cc(CCOC)nc3c(Cl)c(OCCN4CCOCC4)ccc23)CN1C(=O)[C@@H](NC(=O)O[C@@H]1CC2C[C@@H]2C1)C(C)(C)C)C(=O)O. The van der Waals surface area contributed by atoms with Crippen LogP contribution in [0.3, 0.4) is 0 Å². The van der Waals surface area contributed by atoms with Gasteiger partial charge in [-0.15, -0.1) is 0 Å². The zero-order valence-corrected chi connectivity index (χ0v) is 35.0. The van der Waals surface area contributed by atoms with Crippen LogP contribution in [0.2, 0.25) is 5.02 Å². The second kappa shape index (κ2) is 17.4. The molecule has 2 saturated heterocycles. The second-order valence-corrected chi connectivity index (χ2v) is 18.1. The Hall–Kier alpha value is -3.92. The van der Waals surface area contributed by atoms with E-state index >= 15 is 0 Å². The highest BCUT2D eigenvalue weighted by atomic mass is 35.5. The van der Waals surface area contributed by atoms with Gasteiger partial charge in [0.25, 0.3) is 0 Å². The number of hydrogen-bond acceptors (Lipinski definition) is 11. The lowest BCUT2D eigenvalue weighted by molar-refractivity contribution is -0.146. The first-order valence-corrected chi connectivity index (χ1v) is 21.1. The Balaban J connectivity index is 1.14. The average Bonchev–Trinajstić information content (AvgIpc) is 4.00. The van der Waals surface area contributed by atoms with E-state index in [0.717, 1.165) is 32.5 Å². The Morgan fingerprint density at radius 2 is 1.79 bits per heavy atom. The lowest BCUT2D eigenvalue weighted by Crippen LogP contribution is -2.59. The van der Waals surface area contributed by atoms with Crippen LogP contribution in [0.1, 0.15) is 71.9 Å². The molecule has 58 heavy (non-hydrogen) atoms. The van der Waals surface area contributed by atoms with Crippen LogP contribution in [0, 0.1) is 23.2 Å². The summed E-state index contributed by atoms with van der Waals surface area (Å²) in [6.45, 7) is 12.0. The lowest BCUT2D eigenvalue weighted by atomic mass is 9.85. The molecule has 16 heteroatoms. The van der Waals surface area contributed by atoms with Crippen molar-refractivity contribution in [3.63, 3.8) is 0 Å². The van der Waals surface area contributed by atoms with E-state index in [1.54, 1.807) is 13.2 Å². The molecule has 1 aromatic carbocycles. The quantitative estimate of drug-likeness (QED) is 0.217. The third-order valence-electron chi connectivity index (χ3n) is 12.5. The number of likely N-dealkylation sites (tertiary alicyclic amines) is 1. The van der Waals surface area contributed by atoms with E-state index in [-0.39, 0.29) is 25.0 Å². The molecule has 3 N–H and O–H groups in total. The molecule has 0 spiro atoms.